The summed E-state index contributed by atoms with van der Waals surface area (Å²) in [5, 5.41) is 12.1. The Balaban J connectivity index is 2.50. The molecule has 3 nitrogen and oxygen atoms in total. The van der Waals surface area contributed by atoms with Crippen LogP contribution in [0.1, 0.15) is 13.8 Å². The van der Waals surface area contributed by atoms with Crippen molar-refractivity contribution in [3.8, 4) is 0 Å². The molecule has 1 rings (SSSR count). The van der Waals surface area contributed by atoms with Gasteiger partial charge in [-0.25, -0.2) is 4.98 Å². The van der Waals surface area contributed by atoms with Gasteiger partial charge < -0.3 is 10.4 Å². The van der Waals surface area contributed by atoms with Gasteiger partial charge in [0.2, 0.25) is 5.95 Å². The molecule has 0 aliphatic heterocycles. The number of pyridine rings is 1. The maximum Gasteiger partial charge on any atom is 0.212 e. The monoisotopic (exact) mass is 198 g/mol. The summed E-state index contributed by atoms with van der Waals surface area (Å²) in [5.41, 5.74) is 0.571. The third-order valence-electron chi connectivity index (χ3n) is 1.93. The molecule has 1 aromatic heterocycles. The summed E-state index contributed by atoms with van der Waals surface area (Å²) in [6, 6.07) is 2.92. The lowest BCUT2D eigenvalue weighted by Gasteiger charge is -2.22. The number of rotatable bonds is 4. The van der Waals surface area contributed by atoms with Gasteiger partial charge in [0.15, 0.2) is 0 Å². The van der Waals surface area contributed by atoms with E-state index in [1.807, 2.05) is 13.8 Å². The largest absolute Gasteiger partial charge is 0.396 e. The number of aliphatic hydroxyl groups excluding tert-OH is 1. The molecule has 0 saturated carbocycles. The highest BCUT2D eigenvalue weighted by molar-refractivity contribution is 5.39. The zero-order chi connectivity index (χ0) is 10.6. The summed E-state index contributed by atoms with van der Waals surface area (Å²) in [6.45, 7) is 4.61. The molecule has 0 bridgehead atoms. The average molecular weight is 198 g/mol. The Bertz CT molecular complexity index is 285. The molecule has 14 heavy (non-hydrogen) atoms. The van der Waals surface area contributed by atoms with E-state index in [0.717, 1.165) is 5.69 Å². The van der Waals surface area contributed by atoms with Gasteiger partial charge in [-0.05, 0) is 12.1 Å². The maximum absolute atomic E-state index is 12.4. The van der Waals surface area contributed by atoms with Crippen LogP contribution in [0.3, 0.4) is 0 Å². The van der Waals surface area contributed by atoms with Crippen molar-refractivity contribution in [2.75, 3.05) is 18.5 Å². The number of anilines is 1. The molecule has 0 atom stereocenters. The lowest BCUT2D eigenvalue weighted by Crippen LogP contribution is -2.26. The van der Waals surface area contributed by atoms with Crippen LogP contribution in [0.5, 0.6) is 0 Å². The van der Waals surface area contributed by atoms with Crippen molar-refractivity contribution in [3.63, 3.8) is 0 Å². The Hall–Kier alpha value is -1.16. The smallest absolute Gasteiger partial charge is 0.212 e. The van der Waals surface area contributed by atoms with Crippen LogP contribution in [0.25, 0.3) is 0 Å². The number of halogens is 1. The number of nitrogens with one attached hydrogen (secondary N) is 1. The molecule has 0 radical (unpaired) electrons. The van der Waals surface area contributed by atoms with Crippen LogP contribution in [0.2, 0.25) is 0 Å². The highest BCUT2D eigenvalue weighted by atomic mass is 19.1. The Morgan fingerprint density at radius 3 is 2.71 bits per heavy atom. The van der Waals surface area contributed by atoms with Gasteiger partial charge in [0, 0.05) is 18.6 Å². The van der Waals surface area contributed by atoms with Gasteiger partial charge in [0.1, 0.15) is 0 Å². The Kier molecular flexibility index (Phi) is 3.41. The zero-order valence-corrected chi connectivity index (χ0v) is 8.42. The van der Waals surface area contributed by atoms with Crippen molar-refractivity contribution >= 4 is 5.69 Å². The molecule has 0 aliphatic rings. The van der Waals surface area contributed by atoms with Gasteiger partial charge in [-0.15, -0.1) is 0 Å². The highest BCUT2D eigenvalue weighted by Gasteiger charge is 2.15. The van der Waals surface area contributed by atoms with Crippen molar-refractivity contribution in [2.45, 2.75) is 13.8 Å². The van der Waals surface area contributed by atoms with Crippen LogP contribution in [0, 0.1) is 11.4 Å². The maximum atomic E-state index is 12.4. The summed E-state index contributed by atoms with van der Waals surface area (Å²) >= 11 is 0. The van der Waals surface area contributed by atoms with Crippen molar-refractivity contribution < 1.29 is 9.50 Å². The van der Waals surface area contributed by atoms with Gasteiger partial charge in [-0.3, -0.25) is 0 Å². The number of aliphatic hydroxyl groups is 1. The molecule has 0 spiro atoms. The third-order valence-corrected chi connectivity index (χ3v) is 1.93. The van der Waals surface area contributed by atoms with E-state index in [1.165, 1.54) is 12.3 Å². The summed E-state index contributed by atoms with van der Waals surface area (Å²) in [4.78, 5) is 3.51. The van der Waals surface area contributed by atoms with Crippen molar-refractivity contribution in [1.82, 2.24) is 4.98 Å². The van der Waals surface area contributed by atoms with E-state index < -0.39 is 5.95 Å². The van der Waals surface area contributed by atoms with Crippen molar-refractivity contribution in [2.24, 2.45) is 5.41 Å². The molecule has 0 amide bonds. The summed E-state index contributed by atoms with van der Waals surface area (Å²) in [7, 11) is 0. The molecule has 0 aromatic carbocycles. The first-order valence-corrected chi connectivity index (χ1v) is 4.50. The first kappa shape index (κ1) is 10.9. The van der Waals surface area contributed by atoms with Crippen LogP contribution >= 0.6 is 0 Å². The molecule has 78 valence electrons. The SMILES string of the molecule is CC(C)(CO)CNc1ccc(F)nc1. The van der Waals surface area contributed by atoms with E-state index in [-0.39, 0.29) is 12.0 Å². The quantitative estimate of drug-likeness (QED) is 0.723. The topological polar surface area (TPSA) is 45.1 Å². The standard InChI is InChI=1S/C10H15FN2O/c1-10(2,7-14)6-13-8-3-4-9(11)12-5-8/h3-5,13-14H,6-7H2,1-2H3. The Morgan fingerprint density at radius 2 is 2.21 bits per heavy atom. The number of hydrogen-bond donors (Lipinski definition) is 2. The second-order valence-electron chi connectivity index (χ2n) is 4.05. The van der Waals surface area contributed by atoms with Gasteiger partial charge >= 0.3 is 0 Å². The number of hydrogen-bond acceptors (Lipinski definition) is 3. The predicted octanol–water partition coefficient (Wildman–Crippen LogP) is 1.65. The highest BCUT2D eigenvalue weighted by Crippen LogP contribution is 2.15. The average Bonchev–Trinajstić information content (AvgIpc) is 2.17. The van der Waals surface area contributed by atoms with Crippen LogP contribution in [-0.2, 0) is 0 Å². The van der Waals surface area contributed by atoms with Crippen LogP contribution in [0.15, 0.2) is 18.3 Å². The van der Waals surface area contributed by atoms with E-state index in [2.05, 4.69) is 10.3 Å². The number of aromatic nitrogens is 1. The van der Waals surface area contributed by atoms with Crippen LogP contribution < -0.4 is 5.32 Å². The van der Waals surface area contributed by atoms with E-state index in [9.17, 15) is 4.39 Å². The first-order chi connectivity index (χ1) is 6.53. The Labute approximate surface area is 83.0 Å². The zero-order valence-electron chi connectivity index (χ0n) is 8.42. The molecule has 0 saturated heterocycles. The molecule has 2 N–H and O–H groups in total. The summed E-state index contributed by atoms with van der Waals surface area (Å²) in [5.74, 6) is -0.489. The lowest BCUT2D eigenvalue weighted by molar-refractivity contribution is 0.171. The van der Waals surface area contributed by atoms with Gasteiger partial charge in [0.05, 0.1) is 11.9 Å². The second kappa shape index (κ2) is 4.37. The van der Waals surface area contributed by atoms with E-state index in [0.29, 0.717) is 6.54 Å². The molecule has 1 aromatic rings. The van der Waals surface area contributed by atoms with Crippen molar-refractivity contribution in [1.29, 1.82) is 0 Å². The summed E-state index contributed by atoms with van der Waals surface area (Å²) in [6.07, 6.45) is 1.43. The van der Waals surface area contributed by atoms with Crippen molar-refractivity contribution in [3.05, 3.63) is 24.3 Å². The molecular formula is C10H15FN2O. The number of nitrogens with zero attached hydrogens (tertiary/aromatic N) is 1. The van der Waals surface area contributed by atoms with E-state index in [1.54, 1.807) is 6.07 Å². The minimum Gasteiger partial charge on any atom is -0.396 e. The second-order valence-corrected chi connectivity index (χ2v) is 4.05. The van der Waals surface area contributed by atoms with Crippen LogP contribution in [0.4, 0.5) is 10.1 Å². The summed E-state index contributed by atoms with van der Waals surface area (Å²) < 4.78 is 12.4. The molecule has 0 fully saturated rings. The minimum absolute atomic E-state index is 0.106. The fourth-order valence-electron chi connectivity index (χ4n) is 0.878. The van der Waals surface area contributed by atoms with Crippen LogP contribution in [-0.4, -0.2) is 23.2 Å². The molecule has 1 heterocycles. The molecular weight excluding hydrogens is 183 g/mol. The molecule has 0 aliphatic carbocycles. The fourth-order valence-corrected chi connectivity index (χ4v) is 0.878. The third kappa shape index (κ3) is 3.30. The fraction of sp³-hybridized carbons (Fsp3) is 0.500. The lowest BCUT2D eigenvalue weighted by atomic mass is 9.95. The van der Waals surface area contributed by atoms with E-state index >= 15 is 0 Å². The van der Waals surface area contributed by atoms with Gasteiger partial charge in [0.25, 0.3) is 0 Å². The minimum atomic E-state index is -0.489. The predicted molar refractivity (Wildman–Crippen MR) is 53.6 cm³/mol. The van der Waals surface area contributed by atoms with E-state index in [4.69, 9.17) is 5.11 Å². The molecule has 4 heteroatoms. The molecule has 0 unspecified atom stereocenters. The Morgan fingerprint density at radius 1 is 1.50 bits per heavy atom. The van der Waals surface area contributed by atoms with Gasteiger partial charge in [-0.1, -0.05) is 13.8 Å². The first-order valence-electron chi connectivity index (χ1n) is 4.50. The normalized spacial score (nSPS) is 11.4. The van der Waals surface area contributed by atoms with Gasteiger partial charge in [-0.2, -0.15) is 4.39 Å².